The summed E-state index contributed by atoms with van der Waals surface area (Å²) < 4.78 is 52.7. The minimum Gasteiger partial charge on any atom is -0.493 e. The largest absolute Gasteiger partial charge is 0.519 e. The number of nitrogens with zero attached hydrogens (tertiary/aromatic N) is 2. The van der Waals surface area contributed by atoms with Crippen molar-refractivity contribution < 1.29 is 61.8 Å². The maximum absolute atomic E-state index is 12.0. The summed E-state index contributed by atoms with van der Waals surface area (Å²) in [5.41, 5.74) is 8.88. The first-order valence-corrected chi connectivity index (χ1v) is 23.3. The van der Waals surface area contributed by atoms with Crippen molar-refractivity contribution in [1.29, 1.82) is 0 Å². The highest BCUT2D eigenvalue weighted by Gasteiger charge is 2.24. The third kappa shape index (κ3) is 19.6. The second kappa shape index (κ2) is 25.6. The highest BCUT2D eigenvalue weighted by Crippen LogP contribution is 2.32. The van der Waals surface area contributed by atoms with Crippen LogP contribution in [-0.2, 0) is 28.4 Å². The fourth-order valence-electron chi connectivity index (χ4n) is 5.55. The van der Waals surface area contributed by atoms with Gasteiger partial charge < -0.3 is 53.1 Å². The monoisotopic (exact) mass is 1000 g/mol. The molecule has 17 nitrogen and oxygen atoms in total. The Kier molecular flexibility index (Phi) is 20.4. The number of ether oxygens (including phenoxy) is 10. The fourth-order valence-corrected chi connectivity index (χ4v) is 7.25. The van der Waals surface area contributed by atoms with Crippen molar-refractivity contribution in [3.05, 3.63) is 93.9 Å². The molecule has 0 fully saturated rings. The summed E-state index contributed by atoms with van der Waals surface area (Å²) in [5.74, 6) is 2.55. The van der Waals surface area contributed by atoms with Gasteiger partial charge in [-0.3, -0.25) is 5.32 Å². The number of hydrogen-bond donors (Lipinski definition) is 2. The number of benzene rings is 4. The lowest BCUT2D eigenvalue weighted by molar-refractivity contribution is -0.0294. The average molecular weight is 1000 g/mol. The summed E-state index contributed by atoms with van der Waals surface area (Å²) in [4.78, 5) is 43.2. The Morgan fingerprint density at radius 2 is 1.00 bits per heavy atom. The van der Waals surface area contributed by atoms with Crippen LogP contribution in [0.4, 0.5) is 25.8 Å². The third-order valence-corrected chi connectivity index (χ3v) is 10.3. The number of rotatable bonds is 13. The van der Waals surface area contributed by atoms with Crippen molar-refractivity contribution >= 4 is 97.2 Å². The van der Waals surface area contributed by atoms with Gasteiger partial charge in [-0.1, -0.05) is 24.3 Å². The highest BCUT2D eigenvalue weighted by atomic mass is 32.1. The van der Waals surface area contributed by atoms with E-state index in [1.165, 1.54) is 0 Å². The van der Waals surface area contributed by atoms with Gasteiger partial charge in [0.1, 0.15) is 26.8 Å². The Labute approximate surface area is 416 Å². The number of amides is 1. The molecule has 0 aliphatic heterocycles. The lowest BCUT2D eigenvalue weighted by atomic mass is 10.2. The van der Waals surface area contributed by atoms with E-state index in [0.717, 1.165) is 47.3 Å². The molecule has 0 saturated carbocycles. The SMILES string of the molecule is CC(C)(C)OC(=O)OC(=O)OC(C)(C)C.COCOc1ccc(/C=C/c2nc3cc(N)ccc3s2)cc1OC.COCOc1ccc(/C=C/c2nc3cc(NC(=O)OC(C)(C)C)ccc3s2)cc1OC. The van der Waals surface area contributed by atoms with Gasteiger partial charge in [-0.15, -0.1) is 22.7 Å². The summed E-state index contributed by atoms with van der Waals surface area (Å²) in [6, 6.07) is 22.7. The van der Waals surface area contributed by atoms with E-state index in [-0.39, 0.29) is 13.6 Å². The third-order valence-electron chi connectivity index (χ3n) is 8.30. The lowest BCUT2D eigenvalue weighted by Crippen LogP contribution is -2.29. The smallest absolute Gasteiger partial charge is 0.493 e. The van der Waals surface area contributed by atoms with Crippen molar-refractivity contribution in [3.8, 4) is 23.0 Å². The van der Waals surface area contributed by atoms with Crippen LogP contribution in [0.25, 0.3) is 44.7 Å². The minimum absolute atomic E-state index is 0.155. The van der Waals surface area contributed by atoms with E-state index < -0.39 is 35.2 Å². The number of carbonyl (C=O) groups excluding carboxylic acids is 3. The topological polar surface area (TPSA) is 207 Å². The maximum atomic E-state index is 12.0. The van der Waals surface area contributed by atoms with E-state index in [9.17, 15) is 14.4 Å². The van der Waals surface area contributed by atoms with Crippen molar-refractivity contribution in [2.45, 2.75) is 79.1 Å². The number of nitrogen functional groups attached to an aromatic ring is 1. The summed E-state index contributed by atoms with van der Waals surface area (Å²) in [6.45, 7) is 15.8. The molecule has 0 atom stereocenters. The van der Waals surface area contributed by atoms with Gasteiger partial charge in [-0.25, -0.2) is 24.4 Å². The van der Waals surface area contributed by atoms with E-state index in [2.05, 4.69) is 20.0 Å². The van der Waals surface area contributed by atoms with Crippen LogP contribution in [-0.4, -0.2) is 87.2 Å². The molecule has 6 aromatic rings. The maximum Gasteiger partial charge on any atom is 0.519 e. The molecule has 0 aliphatic rings. The summed E-state index contributed by atoms with van der Waals surface area (Å²) in [7, 11) is 6.35. The lowest BCUT2D eigenvalue weighted by Gasteiger charge is -2.20. The average Bonchev–Trinajstić information content (AvgIpc) is 3.87. The second-order valence-electron chi connectivity index (χ2n) is 17.8. The van der Waals surface area contributed by atoms with Gasteiger partial charge in [0.05, 0.1) is 34.7 Å². The van der Waals surface area contributed by atoms with Crippen LogP contribution in [0.2, 0.25) is 0 Å². The van der Waals surface area contributed by atoms with Crippen LogP contribution in [0, 0.1) is 0 Å². The van der Waals surface area contributed by atoms with Gasteiger partial charge in [0.2, 0.25) is 0 Å². The molecule has 0 radical (unpaired) electrons. The minimum atomic E-state index is -1.06. The van der Waals surface area contributed by atoms with E-state index in [0.29, 0.717) is 28.7 Å². The zero-order chi connectivity index (χ0) is 51.6. The molecule has 0 spiro atoms. The van der Waals surface area contributed by atoms with Crippen LogP contribution >= 0.6 is 22.7 Å². The van der Waals surface area contributed by atoms with Crippen molar-refractivity contribution in [2.24, 2.45) is 0 Å². The molecule has 1 amide bonds. The summed E-state index contributed by atoms with van der Waals surface area (Å²) in [5, 5.41) is 4.52. The number of fused-ring (bicyclic) bond motifs is 2. The van der Waals surface area contributed by atoms with Gasteiger partial charge in [0.25, 0.3) is 0 Å². The number of methoxy groups -OCH3 is 4. The van der Waals surface area contributed by atoms with E-state index in [1.54, 1.807) is 92.7 Å². The molecule has 0 aliphatic carbocycles. The molecule has 19 heteroatoms. The zero-order valence-corrected chi connectivity index (χ0v) is 43.4. The Morgan fingerprint density at radius 1 is 0.557 bits per heavy atom. The number of nitrogens with two attached hydrogens (primary N) is 1. The first-order valence-electron chi connectivity index (χ1n) is 21.6. The highest BCUT2D eigenvalue weighted by molar-refractivity contribution is 7.19. The van der Waals surface area contributed by atoms with E-state index >= 15 is 0 Å². The van der Waals surface area contributed by atoms with Crippen LogP contribution in [0.3, 0.4) is 0 Å². The summed E-state index contributed by atoms with van der Waals surface area (Å²) in [6.07, 6.45) is 5.26. The molecular weight excluding hydrogens is 941 g/mol. The number of carbonyl (C=O) groups is 3. The predicted molar refractivity (Wildman–Crippen MR) is 276 cm³/mol. The second-order valence-corrected chi connectivity index (χ2v) is 19.9. The van der Waals surface area contributed by atoms with E-state index in [1.807, 2.05) is 118 Å². The number of nitrogens with one attached hydrogen (secondary N) is 1. The Bertz CT molecular complexity index is 2720. The quantitative estimate of drug-likeness (QED) is 0.0362. The molecular formula is C51H62N4O13S2. The fraction of sp³-hybridized carbons (Fsp3) is 0.353. The van der Waals surface area contributed by atoms with Crippen LogP contribution in [0.15, 0.2) is 72.8 Å². The number of hydrogen-bond acceptors (Lipinski definition) is 18. The Hall–Kier alpha value is -6.93. The molecule has 0 saturated heterocycles. The van der Waals surface area contributed by atoms with E-state index in [4.69, 9.17) is 48.4 Å². The van der Waals surface area contributed by atoms with Crippen molar-refractivity contribution in [1.82, 2.24) is 9.97 Å². The Balaban J connectivity index is 0.000000243. The van der Waals surface area contributed by atoms with Gasteiger partial charge in [-0.05, 0) is 146 Å². The first kappa shape index (κ1) is 55.7. The zero-order valence-electron chi connectivity index (χ0n) is 41.7. The number of anilines is 2. The number of thiazole rings is 2. The molecule has 3 N–H and O–H groups in total. The normalized spacial score (nSPS) is 11.6. The standard InChI is InChI=1S/C23H26N2O5S.C18H18N2O3S.C10H18O5/c1-23(2,3)30-22(26)24-16-8-10-20-17(13-16)25-21(31-20)11-7-15-6-9-18(29-14-27-4)19(12-15)28-5;1-21-11-23-15-6-3-12(9-16(15)22-2)4-8-18-20-14-10-13(19)5-7-17(14)24-18;1-9(2,3)14-7(11)13-8(12)15-10(4,5)6/h6-13H,14H2,1-5H3,(H,24,26);3-10H,11,19H2,1-2H3;1-6H3/b11-7+;8-4+;. The summed E-state index contributed by atoms with van der Waals surface area (Å²) >= 11 is 3.19. The molecule has 2 heterocycles. The number of aromatic nitrogens is 2. The first-order chi connectivity index (χ1) is 33.0. The van der Waals surface area contributed by atoms with Gasteiger partial charge >= 0.3 is 18.4 Å². The van der Waals surface area contributed by atoms with Crippen LogP contribution in [0.1, 0.15) is 83.5 Å². The van der Waals surface area contributed by atoms with Crippen molar-refractivity contribution in [3.63, 3.8) is 0 Å². The Morgan fingerprint density at radius 3 is 1.43 bits per heavy atom. The molecule has 0 unspecified atom stereocenters. The van der Waals surface area contributed by atoms with Gasteiger partial charge in [0.15, 0.2) is 36.6 Å². The molecule has 2 aromatic heterocycles. The van der Waals surface area contributed by atoms with Crippen molar-refractivity contribution in [2.75, 3.05) is 53.1 Å². The molecule has 70 heavy (non-hydrogen) atoms. The molecule has 376 valence electrons. The molecule has 6 rings (SSSR count). The van der Waals surface area contributed by atoms with Crippen LogP contribution < -0.4 is 30.0 Å². The van der Waals surface area contributed by atoms with Crippen LogP contribution in [0.5, 0.6) is 23.0 Å². The molecule has 4 aromatic carbocycles. The van der Waals surface area contributed by atoms with Gasteiger partial charge in [-0.2, -0.15) is 0 Å². The molecule has 0 bridgehead atoms. The predicted octanol–water partition coefficient (Wildman–Crippen LogP) is 12.7. The van der Waals surface area contributed by atoms with Gasteiger partial charge in [0, 0.05) is 25.6 Å².